The van der Waals surface area contributed by atoms with Gasteiger partial charge in [0.25, 0.3) is 0 Å². The predicted molar refractivity (Wildman–Crippen MR) is 152 cm³/mol. The summed E-state index contributed by atoms with van der Waals surface area (Å²) in [6.45, 7) is 12.5. The monoisotopic (exact) mass is 514 g/mol. The third kappa shape index (κ3) is 5.05. The number of hydrogen-bond donors (Lipinski definition) is 0. The van der Waals surface area contributed by atoms with Crippen molar-refractivity contribution in [2.24, 2.45) is 11.8 Å². The van der Waals surface area contributed by atoms with Gasteiger partial charge in [-0.1, -0.05) is 13.0 Å². The molecule has 1 atom stereocenters. The Bertz CT molecular complexity index is 1250. The third-order valence-electron chi connectivity index (χ3n) is 9.29. The molecule has 0 unspecified atom stereocenters. The van der Waals surface area contributed by atoms with Crippen LogP contribution in [0.5, 0.6) is 0 Å². The van der Waals surface area contributed by atoms with Crippen LogP contribution >= 0.6 is 0 Å². The first-order chi connectivity index (χ1) is 18.5. The maximum Gasteiger partial charge on any atom is 0.225 e. The number of rotatable bonds is 5. The van der Waals surface area contributed by atoms with Gasteiger partial charge in [0.15, 0.2) is 0 Å². The molecule has 5 heterocycles. The molecular weight excluding hydrogens is 472 g/mol. The summed E-state index contributed by atoms with van der Waals surface area (Å²) < 4.78 is 1.97. The van der Waals surface area contributed by atoms with Crippen LogP contribution in [0, 0.1) is 11.8 Å². The van der Waals surface area contributed by atoms with E-state index in [0.717, 1.165) is 68.3 Å². The smallest absolute Gasteiger partial charge is 0.225 e. The van der Waals surface area contributed by atoms with Gasteiger partial charge in [-0.25, -0.2) is 4.52 Å². The zero-order valence-corrected chi connectivity index (χ0v) is 23.2. The molecule has 7 nitrogen and oxygen atoms in total. The highest BCUT2D eigenvalue weighted by Crippen LogP contribution is 2.32. The quantitative estimate of drug-likeness (QED) is 0.476. The molecule has 1 amide bonds. The van der Waals surface area contributed by atoms with Crippen LogP contribution < -0.4 is 4.90 Å². The highest BCUT2D eigenvalue weighted by molar-refractivity contribution is 5.81. The van der Waals surface area contributed by atoms with Gasteiger partial charge in [-0.15, -0.1) is 0 Å². The molecular formula is C31H42N6O. The van der Waals surface area contributed by atoms with Crippen molar-refractivity contribution < 1.29 is 4.79 Å². The summed E-state index contributed by atoms with van der Waals surface area (Å²) >= 11 is 0. The molecule has 0 bridgehead atoms. The topological polar surface area (TPSA) is 57.0 Å². The molecule has 2 aliphatic heterocycles. The van der Waals surface area contributed by atoms with Gasteiger partial charge in [0.05, 0.1) is 16.9 Å². The summed E-state index contributed by atoms with van der Waals surface area (Å²) in [5, 5.41) is 4.59. The number of anilines is 1. The number of nitrogens with zero attached hydrogens (tertiary/aromatic N) is 6. The molecule has 3 fully saturated rings. The van der Waals surface area contributed by atoms with Gasteiger partial charge >= 0.3 is 0 Å². The second kappa shape index (κ2) is 10.7. The van der Waals surface area contributed by atoms with Crippen LogP contribution in [0.3, 0.4) is 0 Å². The fourth-order valence-electron chi connectivity index (χ4n) is 6.69. The molecule has 0 spiro atoms. The zero-order chi connectivity index (χ0) is 26.2. The Balaban J connectivity index is 1.13. The molecule has 3 aromatic heterocycles. The molecule has 202 valence electrons. The van der Waals surface area contributed by atoms with E-state index in [9.17, 15) is 4.79 Å². The Morgan fingerprint density at radius 1 is 0.974 bits per heavy atom. The first-order valence-corrected chi connectivity index (χ1v) is 14.7. The summed E-state index contributed by atoms with van der Waals surface area (Å²) in [7, 11) is 0. The van der Waals surface area contributed by atoms with Gasteiger partial charge < -0.3 is 14.7 Å². The average molecular weight is 515 g/mol. The lowest BCUT2D eigenvalue weighted by Gasteiger charge is -2.38. The van der Waals surface area contributed by atoms with Crippen molar-refractivity contribution in [2.45, 2.75) is 64.8 Å². The van der Waals surface area contributed by atoms with Crippen molar-refractivity contribution in [3.63, 3.8) is 0 Å². The summed E-state index contributed by atoms with van der Waals surface area (Å²) in [4.78, 5) is 25.0. The summed E-state index contributed by atoms with van der Waals surface area (Å²) in [5.74, 6) is 1.96. The highest BCUT2D eigenvalue weighted by atomic mass is 16.2. The second-order valence-electron chi connectivity index (χ2n) is 12.1. The zero-order valence-electron chi connectivity index (χ0n) is 23.2. The number of fused-ring (bicyclic) bond motifs is 1. The van der Waals surface area contributed by atoms with Gasteiger partial charge in [-0.3, -0.25) is 9.78 Å². The molecule has 2 saturated heterocycles. The first kappa shape index (κ1) is 25.4. The molecule has 3 aliphatic rings. The van der Waals surface area contributed by atoms with E-state index in [2.05, 4.69) is 77.2 Å². The van der Waals surface area contributed by atoms with Crippen LogP contribution in [0.2, 0.25) is 0 Å². The predicted octanol–water partition coefficient (Wildman–Crippen LogP) is 5.07. The standard InChI is InChI=1S/C31H42N6O/c1-22(2)36-13-11-26(20-36)25-8-9-28(32-19-25)27-18-30-29(10-12-33-37(30)21-27)34-14-16-35(17-15-34)31(38)24-6-4-23(3)5-7-24/h8-10,12,18-19,21-24,26H,4-7,11,13-17,20H2,1-3H3/t23?,24?,26-/m1/s1. The number of piperazine rings is 1. The van der Waals surface area contributed by atoms with Crippen LogP contribution in [0.15, 0.2) is 42.9 Å². The fraction of sp³-hybridized carbons (Fsp3) is 0.581. The lowest BCUT2D eigenvalue weighted by molar-refractivity contribution is -0.137. The van der Waals surface area contributed by atoms with Crippen LogP contribution in [0.4, 0.5) is 5.69 Å². The lowest BCUT2D eigenvalue weighted by atomic mass is 9.82. The molecule has 1 aliphatic carbocycles. The number of aromatic nitrogens is 3. The summed E-state index contributed by atoms with van der Waals surface area (Å²) in [6.07, 6.45) is 11.7. The van der Waals surface area contributed by atoms with E-state index in [-0.39, 0.29) is 5.92 Å². The number of hydrogen-bond acceptors (Lipinski definition) is 5. The number of carbonyl (C=O) groups is 1. The number of amides is 1. The van der Waals surface area contributed by atoms with Crippen LogP contribution in [-0.4, -0.2) is 75.6 Å². The molecule has 38 heavy (non-hydrogen) atoms. The Labute approximate surface area is 226 Å². The molecule has 0 radical (unpaired) electrons. The maximum atomic E-state index is 13.1. The van der Waals surface area contributed by atoms with Crippen LogP contribution in [0.1, 0.15) is 64.4 Å². The molecule has 0 N–H and O–H groups in total. The van der Waals surface area contributed by atoms with E-state index in [1.54, 1.807) is 0 Å². The van der Waals surface area contributed by atoms with E-state index >= 15 is 0 Å². The van der Waals surface area contributed by atoms with Crippen molar-refractivity contribution >= 4 is 17.1 Å². The average Bonchev–Trinajstić information content (AvgIpc) is 3.61. The normalized spacial score (nSPS) is 25.0. The fourth-order valence-corrected chi connectivity index (χ4v) is 6.69. The van der Waals surface area contributed by atoms with Crippen LogP contribution in [-0.2, 0) is 4.79 Å². The SMILES string of the molecule is CC1CCC(C(=O)N2CCN(c3ccnn4cc(-c5ccc([C@@H]6CCN(C(C)C)C6)cn5)cc34)CC2)CC1. The van der Waals surface area contributed by atoms with Crippen LogP contribution in [0.25, 0.3) is 16.8 Å². The molecule has 1 saturated carbocycles. The molecule has 7 heteroatoms. The molecule has 6 rings (SSSR count). The highest BCUT2D eigenvalue weighted by Gasteiger charge is 2.30. The minimum atomic E-state index is 0.236. The van der Waals surface area contributed by atoms with Crippen molar-refractivity contribution in [1.29, 1.82) is 0 Å². The van der Waals surface area contributed by atoms with E-state index in [1.165, 1.54) is 37.1 Å². The van der Waals surface area contributed by atoms with Crippen molar-refractivity contribution in [1.82, 2.24) is 24.4 Å². The summed E-state index contributed by atoms with van der Waals surface area (Å²) in [5.41, 5.74) is 5.70. The van der Waals surface area contributed by atoms with E-state index in [0.29, 0.717) is 17.9 Å². The van der Waals surface area contributed by atoms with Crippen molar-refractivity contribution in [2.75, 3.05) is 44.2 Å². The Morgan fingerprint density at radius 3 is 2.45 bits per heavy atom. The number of pyridine rings is 1. The number of carbonyl (C=O) groups excluding carboxylic acids is 1. The minimum Gasteiger partial charge on any atom is -0.366 e. The van der Waals surface area contributed by atoms with Gasteiger partial charge in [0, 0.05) is 68.8 Å². The lowest BCUT2D eigenvalue weighted by Crippen LogP contribution is -2.50. The van der Waals surface area contributed by atoms with E-state index < -0.39 is 0 Å². The second-order valence-corrected chi connectivity index (χ2v) is 12.1. The van der Waals surface area contributed by atoms with E-state index in [4.69, 9.17) is 4.98 Å². The van der Waals surface area contributed by atoms with Crippen molar-refractivity contribution in [3.8, 4) is 11.3 Å². The Morgan fingerprint density at radius 2 is 1.76 bits per heavy atom. The van der Waals surface area contributed by atoms with E-state index in [1.807, 2.05) is 10.7 Å². The largest absolute Gasteiger partial charge is 0.366 e. The van der Waals surface area contributed by atoms with Gasteiger partial charge in [0.2, 0.25) is 5.91 Å². The summed E-state index contributed by atoms with van der Waals surface area (Å²) in [6, 6.07) is 9.35. The Hall–Kier alpha value is -2.93. The Kier molecular flexibility index (Phi) is 7.12. The van der Waals surface area contributed by atoms with Gasteiger partial charge in [-0.2, -0.15) is 5.10 Å². The third-order valence-corrected chi connectivity index (χ3v) is 9.29. The van der Waals surface area contributed by atoms with Gasteiger partial charge in [0.1, 0.15) is 0 Å². The van der Waals surface area contributed by atoms with Gasteiger partial charge in [-0.05, 0) is 88.1 Å². The maximum absolute atomic E-state index is 13.1. The van der Waals surface area contributed by atoms with Crippen molar-refractivity contribution in [3.05, 3.63) is 48.4 Å². The molecule has 3 aromatic rings. The minimum absolute atomic E-state index is 0.236. The molecule has 0 aromatic carbocycles. The number of likely N-dealkylation sites (tertiary alicyclic amines) is 1. The first-order valence-electron chi connectivity index (χ1n) is 14.7.